The molecular formula is C21H33IN6O. The quantitative estimate of drug-likeness (QED) is 0.366. The fourth-order valence-electron chi connectivity index (χ4n) is 3.58. The standard InChI is InChI=1S/C21H32N6O.HI/c1-5-22-21(26(3)14-19-24-15-25-27(19)4)23-13-18-7-6-12-28-20(18)17-10-8-16(2)9-11-17;/h8-11,15,18,20H,5-7,12-14H2,1-4H3,(H,22,23);1H. The van der Waals surface area contributed by atoms with Crippen molar-refractivity contribution < 1.29 is 4.74 Å². The number of guanidine groups is 1. The highest BCUT2D eigenvalue weighted by Crippen LogP contribution is 2.34. The van der Waals surface area contributed by atoms with Gasteiger partial charge in [0, 0.05) is 39.7 Å². The summed E-state index contributed by atoms with van der Waals surface area (Å²) in [4.78, 5) is 11.3. The van der Waals surface area contributed by atoms with E-state index >= 15 is 0 Å². The zero-order chi connectivity index (χ0) is 19.9. The number of aryl methyl sites for hydroxylation is 2. The van der Waals surface area contributed by atoms with Crippen molar-refractivity contribution in [1.29, 1.82) is 0 Å². The Morgan fingerprint density at radius 1 is 1.34 bits per heavy atom. The third kappa shape index (κ3) is 6.40. The molecule has 1 aromatic carbocycles. The van der Waals surface area contributed by atoms with Crippen LogP contribution in [0.3, 0.4) is 0 Å². The smallest absolute Gasteiger partial charge is 0.194 e. The number of ether oxygens (including phenoxy) is 1. The van der Waals surface area contributed by atoms with E-state index in [1.807, 2.05) is 14.1 Å². The second-order valence-electron chi connectivity index (χ2n) is 7.45. The number of hydrogen-bond donors (Lipinski definition) is 1. The molecule has 1 N–H and O–H groups in total. The van der Waals surface area contributed by atoms with Crippen LogP contribution in [0.15, 0.2) is 35.6 Å². The molecule has 2 aromatic rings. The Balaban J connectivity index is 0.00000300. The van der Waals surface area contributed by atoms with Crippen LogP contribution >= 0.6 is 24.0 Å². The van der Waals surface area contributed by atoms with Gasteiger partial charge >= 0.3 is 0 Å². The van der Waals surface area contributed by atoms with Crippen molar-refractivity contribution in [3.63, 3.8) is 0 Å². The number of halogens is 1. The number of aliphatic imine (C=N–C) groups is 1. The van der Waals surface area contributed by atoms with Gasteiger partial charge in [-0.1, -0.05) is 29.8 Å². The highest BCUT2D eigenvalue weighted by Gasteiger charge is 2.27. The molecule has 1 aromatic heterocycles. The van der Waals surface area contributed by atoms with Crippen molar-refractivity contribution in [2.45, 2.75) is 39.3 Å². The van der Waals surface area contributed by atoms with E-state index < -0.39 is 0 Å². The van der Waals surface area contributed by atoms with Gasteiger partial charge in [-0.25, -0.2) is 4.98 Å². The van der Waals surface area contributed by atoms with Crippen LogP contribution in [0.5, 0.6) is 0 Å². The molecule has 1 fully saturated rings. The highest BCUT2D eigenvalue weighted by atomic mass is 127. The summed E-state index contributed by atoms with van der Waals surface area (Å²) in [5.41, 5.74) is 2.52. The molecule has 2 atom stereocenters. The van der Waals surface area contributed by atoms with Crippen molar-refractivity contribution in [3.05, 3.63) is 47.5 Å². The van der Waals surface area contributed by atoms with Crippen LogP contribution in [-0.4, -0.2) is 52.4 Å². The predicted octanol–water partition coefficient (Wildman–Crippen LogP) is 3.31. The molecule has 0 amide bonds. The molecule has 8 heteroatoms. The molecule has 0 spiro atoms. The van der Waals surface area contributed by atoms with E-state index in [1.54, 1.807) is 11.0 Å². The van der Waals surface area contributed by atoms with E-state index in [2.05, 4.69) is 58.4 Å². The third-order valence-corrected chi connectivity index (χ3v) is 5.21. The second kappa shape index (κ2) is 11.5. The molecule has 160 valence electrons. The van der Waals surface area contributed by atoms with Gasteiger partial charge in [0.25, 0.3) is 0 Å². The number of benzene rings is 1. The summed E-state index contributed by atoms with van der Waals surface area (Å²) in [5.74, 6) is 2.18. The first-order chi connectivity index (χ1) is 13.6. The molecule has 7 nitrogen and oxygen atoms in total. The Kier molecular flexibility index (Phi) is 9.35. The molecular weight excluding hydrogens is 479 g/mol. The summed E-state index contributed by atoms with van der Waals surface area (Å²) in [6.07, 6.45) is 3.92. The molecule has 2 heterocycles. The maximum atomic E-state index is 6.15. The normalized spacial score (nSPS) is 19.5. The zero-order valence-electron chi connectivity index (χ0n) is 17.8. The molecule has 0 radical (unpaired) electrons. The summed E-state index contributed by atoms with van der Waals surface area (Å²) in [6, 6.07) is 8.69. The number of rotatable bonds is 6. The van der Waals surface area contributed by atoms with E-state index in [0.29, 0.717) is 12.5 Å². The lowest BCUT2D eigenvalue weighted by Gasteiger charge is -2.32. The van der Waals surface area contributed by atoms with E-state index in [9.17, 15) is 0 Å². The molecule has 2 unspecified atom stereocenters. The third-order valence-electron chi connectivity index (χ3n) is 5.21. The van der Waals surface area contributed by atoms with Crippen LogP contribution in [0.1, 0.15) is 42.8 Å². The molecule has 0 bridgehead atoms. The Labute approximate surface area is 191 Å². The summed E-state index contributed by atoms with van der Waals surface area (Å²) < 4.78 is 7.94. The van der Waals surface area contributed by atoms with Crippen LogP contribution in [0, 0.1) is 12.8 Å². The van der Waals surface area contributed by atoms with Crippen molar-refractivity contribution >= 4 is 29.9 Å². The minimum atomic E-state index is 0. The zero-order valence-corrected chi connectivity index (χ0v) is 20.2. The van der Waals surface area contributed by atoms with Crippen LogP contribution in [0.25, 0.3) is 0 Å². The first-order valence-electron chi connectivity index (χ1n) is 10.1. The number of nitrogens with one attached hydrogen (secondary N) is 1. The Morgan fingerprint density at radius 2 is 2.10 bits per heavy atom. The van der Waals surface area contributed by atoms with Gasteiger partial charge in [0.2, 0.25) is 0 Å². The van der Waals surface area contributed by atoms with Crippen molar-refractivity contribution in [2.75, 3.05) is 26.7 Å². The lowest BCUT2D eigenvalue weighted by Crippen LogP contribution is -2.39. The summed E-state index contributed by atoms with van der Waals surface area (Å²) in [5, 5.41) is 7.54. The van der Waals surface area contributed by atoms with Crippen molar-refractivity contribution in [1.82, 2.24) is 25.0 Å². The van der Waals surface area contributed by atoms with E-state index in [0.717, 1.165) is 44.3 Å². The maximum absolute atomic E-state index is 6.15. The number of aromatic nitrogens is 3. The minimum Gasteiger partial charge on any atom is -0.373 e. The average Bonchev–Trinajstić information content (AvgIpc) is 3.10. The van der Waals surface area contributed by atoms with Gasteiger partial charge < -0.3 is 15.0 Å². The molecule has 29 heavy (non-hydrogen) atoms. The van der Waals surface area contributed by atoms with Crippen molar-refractivity contribution in [2.24, 2.45) is 18.0 Å². The minimum absolute atomic E-state index is 0. The summed E-state index contributed by atoms with van der Waals surface area (Å²) in [7, 11) is 3.94. The van der Waals surface area contributed by atoms with E-state index in [1.165, 1.54) is 11.1 Å². The van der Waals surface area contributed by atoms with Gasteiger partial charge in [0.15, 0.2) is 5.96 Å². The monoisotopic (exact) mass is 512 g/mol. The first-order valence-corrected chi connectivity index (χ1v) is 10.1. The fraction of sp³-hybridized carbons (Fsp3) is 0.571. The number of hydrogen-bond acceptors (Lipinski definition) is 4. The Bertz CT molecular complexity index is 776. The summed E-state index contributed by atoms with van der Waals surface area (Å²) >= 11 is 0. The largest absolute Gasteiger partial charge is 0.373 e. The van der Waals surface area contributed by atoms with E-state index in [-0.39, 0.29) is 30.1 Å². The first kappa shape index (κ1) is 23.6. The number of nitrogens with zero attached hydrogens (tertiary/aromatic N) is 5. The van der Waals surface area contributed by atoms with Gasteiger partial charge in [0.05, 0.1) is 12.6 Å². The van der Waals surface area contributed by atoms with Crippen LogP contribution in [0.2, 0.25) is 0 Å². The van der Waals surface area contributed by atoms with Crippen molar-refractivity contribution in [3.8, 4) is 0 Å². The lowest BCUT2D eigenvalue weighted by molar-refractivity contribution is -0.0250. The van der Waals surface area contributed by atoms with Gasteiger partial charge in [-0.2, -0.15) is 5.10 Å². The summed E-state index contributed by atoms with van der Waals surface area (Å²) in [6.45, 7) is 7.25. The maximum Gasteiger partial charge on any atom is 0.194 e. The fourth-order valence-corrected chi connectivity index (χ4v) is 3.58. The molecule has 1 aliphatic rings. The Morgan fingerprint density at radius 3 is 2.76 bits per heavy atom. The highest BCUT2D eigenvalue weighted by molar-refractivity contribution is 14.0. The van der Waals surface area contributed by atoms with Gasteiger partial charge in [-0.3, -0.25) is 9.67 Å². The van der Waals surface area contributed by atoms with Crippen LogP contribution in [-0.2, 0) is 18.3 Å². The van der Waals surface area contributed by atoms with Gasteiger partial charge in [-0.05, 0) is 32.3 Å². The SMILES string of the molecule is CCNC(=NCC1CCCOC1c1ccc(C)cc1)N(C)Cc1ncnn1C.I. The second-order valence-corrected chi connectivity index (χ2v) is 7.45. The van der Waals surface area contributed by atoms with Gasteiger partial charge in [-0.15, -0.1) is 24.0 Å². The molecule has 1 aliphatic heterocycles. The molecule has 0 saturated carbocycles. The average molecular weight is 512 g/mol. The molecule has 3 rings (SSSR count). The van der Waals surface area contributed by atoms with Gasteiger partial charge in [0.1, 0.15) is 12.2 Å². The van der Waals surface area contributed by atoms with Crippen LogP contribution < -0.4 is 5.32 Å². The van der Waals surface area contributed by atoms with E-state index in [4.69, 9.17) is 9.73 Å². The Hall–Kier alpha value is -1.68. The topological polar surface area (TPSA) is 67.6 Å². The lowest BCUT2D eigenvalue weighted by atomic mass is 9.89. The molecule has 1 saturated heterocycles. The van der Waals surface area contributed by atoms with Crippen LogP contribution in [0.4, 0.5) is 0 Å². The molecule has 0 aliphatic carbocycles. The predicted molar refractivity (Wildman–Crippen MR) is 126 cm³/mol.